The van der Waals surface area contributed by atoms with Gasteiger partial charge in [0, 0.05) is 4.47 Å². The number of primary sulfonamides is 1. The van der Waals surface area contributed by atoms with Gasteiger partial charge in [0.2, 0.25) is 5.09 Å². The van der Waals surface area contributed by atoms with Crippen LogP contribution in [0.4, 0.5) is 10.1 Å². The quantitative estimate of drug-likeness (QED) is 0.888. The zero-order valence-electron chi connectivity index (χ0n) is 9.56. The van der Waals surface area contributed by atoms with Crippen molar-refractivity contribution < 1.29 is 17.2 Å². The standard InChI is InChI=1S/C11H10BrFN2O3S/c12-8-2-1-3-9(13)11(8)15-6-7-4-5-10(18-7)19(14,16)17/h1-5,15H,6H2,(H2,14,16,17). The van der Waals surface area contributed by atoms with Crippen LogP contribution in [0, 0.1) is 5.82 Å². The van der Waals surface area contributed by atoms with E-state index < -0.39 is 15.8 Å². The molecule has 0 amide bonds. The number of halogens is 2. The number of furan rings is 1. The topological polar surface area (TPSA) is 85.3 Å². The molecule has 0 atom stereocenters. The van der Waals surface area contributed by atoms with Gasteiger partial charge >= 0.3 is 0 Å². The molecular weight excluding hydrogens is 339 g/mol. The highest BCUT2D eigenvalue weighted by atomic mass is 79.9. The SMILES string of the molecule is NS(=O)(=O)c1ccc(CNc2c(F)cccc2Br)o1. The van der Waals surface area contributed by atoms with Gasteiger partial charge < -0.3 is 9.73 Å². The van der Waals surface area contributed by atoms with Crippen molar-refractivity contribution in [3.63, 3.8) is 0 Å². The molecule has 0 radical (unpaired) electrons. The highest BCUT2D eigenvalue weighted by Gasteiger charge is 2.13. The summed E-state index contributed by atoms with van der Waals surface area (Å²) in [5, 5.41) is 7.40. The lowest BCUT2D eigenvalue weighted by molar-refractivity contribution is 0.419. The summed E-state index contributed by atoms with van der Waals surface area (Å²) in [5.74, 6) is -0.0909. The first-order valence-corrected chi connectivity index (χ1v) is 7.51. The molecule has 1 heterocycles. The molecule has 0 bridgehead atoms. The van der Waals surface area contributed by atoms with Crippen molar-refractivity contribution >= 4 is 31.6 Å². The number of sulfonamides is 1. The van der Waals surface area contributed by atoms with E-state index in [4.69, 9.17) is 9.56 Å². The smallest absolute Gasteiger partial charge is 0.271 e. The molecule has 0 saturated heterocycles. The van der Waals surface area contributed by atoms with Crippen LogP contribution >= 0.6 is 15.9 Å². The van der Waals surface area contributed by atoms with Crippen LogP contribution in [0.2, 0.25) is 0 Å². The molecule has 1 aromatic carbocycles. The van der Waals surface area contributed by atoms with Gasteiger partial charge in [-0.05, 0) is 40.2 Å². The Morgan fingerprint density at radius 1 is 1.32 bits per heavy atom. The molecule has 0 aliphatic rings. The molecule has 2 rings (SSSR count). The minimum Gasteiger partial charge on any atom is -0.446 e. The predicted molar refractivity (Wildman–Crippen MR) is 71.5 cm³/mol. The van der Waals surface area contributed by atoms with Crippen molar-refractivity contribution in [2.45, 2.75) is 11.6 Å². The third kappa shape index (κ3) is 3.34. The molecule has 0 unspecified atom stereocenters. The molecule has 5 nitrogen and oxygen atoms in total. The number of nitrogens with one attached hydrogen (secondary N) is 1. The maximum atomic E-state index is 13.5. The average Bonchev–Trinajstić information content (AvgIpc) is 2.77. The monoisotopic (exact) mass is 348 g/mol. The van der Waals surface area contributed by atoms with Gasteiger partial charge in [0.1, 0.15) is 11.6 Å². The summed E-state index contributed by atoms with van der Waals surface area (Å²) in [6.07, 6.45) is 0. The van der Waals surface area contributed by atoms with Gasteiger partial charge in [-0.2, -0.15) is 0 Å². The molecule has 19 heavy (non-hydrogen) atoms. The van der Waals surface area contributed by atoms with Gasteiger partial charge in [-0.1, -0.05) is 6.07 Å². The number of anilines is 1. The average molecular weight is 349 g/mol. The summed E-state index contributed by atoms with van der Waals surface area (Å²) in [4.78, 5) is 0. The molecular formula is C11H10BrFN2O3S. The number of benzene rings is 1. The van der Waals surface area contributed by atoms with E-state index in [1.807, 2.05) is 0 Å². The first-order valence-electron chi connectivity index (χ1n) is 5.17. The van der Waals surface area contributed by atoms with Crippen LogP contribution in [0.1, 0.15) is 5.76 Å². The van der Waals surface area contributed by atoms with E-state index >= 15 is 0 Å². The number of rotatable bonds is 4. The molecule has 8 heteroatoms. The number of hydrogen-bond donors (Lipinski definition) is 2. The second-order valence-electron chi connectivity index (χ2n) is 3.72. The summed E-state index contributed by atoms with van der Waals surface area (Å²) in [6.45, 7) is 0.134. The van der Waals surface area contributed by atoms with E-state index in [-0.39, 0.29) is 17.3 Å². The maximum absolute atomic E-state index is 13.5. The molecule has 3 N–H and O–H groups in total. The lowest BCUT2D eigenvalue weighted by Gasteiger charge is -2.07. The Morgan fingerprint density at radius 3 is 2.63 bits per heavy atom. The Kier molecular flexibility index (Phi) is 3.93. The fourth-order valence-electron chi connectivity index (χ4n) is 1.45. The highest BCUT2D eigenvalue weighted by molar-refractivity contribution is 9.10. The van der Waals surface area contributed by atoms with Crippen LogP contribution in [0.3, 0.4) is 0 Å². The highest BCUT2D eigenvalue weighted by Crippen LogP contribution is 2.26. The van der Waals surface area contributed by atoms with E-state index in [0.717, 1.165) is 0 Å². The van der Waals surface area contributed by atoms with Crippen LogP contribution in [-0.2, 0) is 16.6 Å². The number of hydrogen-bond acceptors (Lipinski definition) is 4. The maximum Gasteiger partial charge on any atom is 0.271 e. The van der Waals surface area contributed by atoms with Crippen LogP contribution < -0.4 is 10.5 Å². The Hall–Kier alpha value is -1.38. The Bertz CT molecular complexity index is 679. The van der Waals surface area contributed by atoms with Gasteiger partial charge in [0.15, 0.2) is 0 Å². The van der Waals surface area contributed by atoms with Crippen LogP contribution in [-0.4, -0.2) is 8.42 Å². The molecule has 0 fully saturated rings. The van der Waals surface area contributed by atoms with E-state index in [2.05, 4.69) is 21.2 Å². The van der Waals surface area contributed by atoms with E-state index in [0.29, 0.717) is 10.2 Å². The zero-order valence-corrected chi connectivity index (χ0v) is 12.0. The molecule has 102 valence electrons. The van der Waals surface area contributed by atoms with E-state index in [1.54, 1.807) is 12.1 Å². The molecule has 0 saturated carbocycles. The molecule has 1 aromatic heterocycles. The van der Waals surface area contributed by atoms with Crippen molar-refractivity contribution in [3.8, 4) is 0 Å². The van der Waals surface area contributed by atoms with Crippen molar-refractivity contribution in [3.05, 3.63) is 46.4 Å². The second-order valence-corrected chi connectivity index (χ2v) is 6.06. The number of para-hydroxylation sites is 1. The zero-order chi connectivity index (χ0) is 14.0. The van der Waals surface area contributed by atoms with Crippen LogP contribution in [0.25, 0.3) is 0 Å². The first-order chi connectivity index (χ1) is 8.88. The third-order valence-electron chi connectivity index (χ3n) is 2.32. The van der Waals surface area contributed by atoms with Crippen molar-refractivity contribution in [1.29, 1.82) is 0 Å². The number of nitrogens with two attached hydrogens (primary N) is 1. The minimum atomic E-state index is -3.86. The fourth-order valence-corrected chi connectivity index (χ4v) is 2.41. The van der Waals surface area contributed by atoms with Crippen molar-refractivity contribution in [2.24, 2.45) is 5.14 Å². The lowest BCUT2D eigenvalue weighted by atomic mass is 10.3. The minimum absolute atomic E-state index is 0.134. The molecule has 2 aromatic rings. The van der Waals surface area contributed by atoms with Gasteiger partial charge in [-0.25, -0.2) is 17.9 Å². The molecule has 0 spiro atoms. The lowest BCUT2D eigenvalue weighted by Crippen LogP contribution is -2.10. The normalized spacial score (nSPS) is 11.5. The van der Waals surface area contributed by atoms with Crippen molar-refractivity contribution in [1.82, 2.24) is 0 Å². The predicted octanol–water partition coefficient (Wildman–Crippen LogP) is 2.44. The summed E-state index contributed by atoms with van der Waals surface area (Å²) in [6, 6.07) is 7.27. The summed E-state index contributed by atoms with van der Waals surface area (Å²) in [5.41, 5.74) is 0.274. The third-order valence-corrected chi connectivity index (χ3v) is 3.76. The first kappa shape index (κ1) is 14.0. The summed E-state index contributed by atoms with van der Waals surface area (Å²) < 4.78 is 41.2. The summed E-state index contributed by atoms with van der Waals surface area (Å²) in [7, 11) is -3.86. The largest absolute Gasteiger partial charge is 0.446 e. The van der Waals surface area contributed by atoms with Gasteiger partial charge in [-0.15, -0.1) is 0 Å². The van der Waals surface area contributed by atoms with Gasteiger partial charge in [0.05, 0.1) is 12.2 Å². The van der Waals surface area contributed by atoms with Crippen LogP contribution in [0.15, 0.2) is 44.3 Å². The van der Waals surface area contributed by atoms with Gasteiger partial charge in [0.25, 0.3) is 10.0 Å². The fraction of sp³-hybridized carbons (Fsp3) is 0.0909. The Labute approximate surface area is 117 Å². The molecule has 0 aliphatic heterocycles. The van der Waals surface area contributed by atoms with E-state index in [9.17, 15) is 12.8 Å². The molecule has 0 aliphatic carbocycles. The van der Waals surface area contributed by atoms with Gasteiger partial charge in [-0.3, -0.25) is 0 Å². The van der Waals surface area contributed by atoms with E-state index in [1.165, 1.54) is 18.2 Å². The summed E-state index contributed by atoms with van der Waals surface area (Å²) >= 11 is 3.21. The van der Waals surface area contributed by atoms with Crippen LogP contribution in [0.5, 0.6) is 0 Å². The van der Waals surface area contributed by atoms with Crippen molar-refractivity contribution in [2.75, 3.05) is 5.32 Å². The Balaban J connectivity index is 2.13. The second kappa shape index (κ2) is 5.32. The Morgan fingerprint density at radius 2 is 2.05 bits per heavy atom.